The van der Waals surface area contributed by atoms with Crippen molar-refractivity contribution in [1.29, 1.82) is 0 Å². The van der Waals surface area contributed by atoms with Gasteiger partial charge in [-0.1, -0.05) is 44.2 Å². The Balaban J connectivity index is 2.22. The number of furan rings is 1. The molecular weight excluding hydrogens is 364 g/mol. The molecule has 0 spiro atoms. The second-order valence-corrected chi connectivity index (χ2v) is 9.00. The predicted molar refractivity (Wildman–Crippen MR) is 115 cm³/mol. The van der Waals surface area contributed by atoms with Crippen molar-refractivity contribution in [3.8, 4) is 0 Å². The lowest BCUT2D eigenvalue weighted by Gasteiger charge is -2.37. The summed E-state index contributed by atoms with van der Waals surface area (Å²) in [5.41, 5.74) is 0.612. The number of benzene rings is 1. The maximum atomic E-state index is 13.3. The maximum Gasteiger partial charge on any atom is 0.242 e. The van der Waals surface area contributed by atoms with Crippen molar-refractivity contribution < 1.29 is 14.0 Å². The molecule has 0 aliphatic carbocycles. The number of hydrogen-bond donors (Lipinski definition) is 0. The van der Waals surface area contributed by atoms with Gasteiger partial charge < -0.3 is 14.2 Å². The van der Waals surface area contributed by atoms with E-state index in [1.807, 2.05) is 84.0 Å². The summed E-state index contributed by atoms with van der Waals surface area (Å²) in [4.78, 5) is 29.6. The number of carbonyl (C=O) groups excluding carboxylic acids is 2. The van der Waals surface area contributed by atoms with Crippen LogP contribution in [0.15, 0.2) is 46.9 Å². The summed E-state index contributed by atoms with van der Waals surface area (Å²) in [5, 5.41) is 0. The van der Waals surface area contributed by atoms with Gasteiger partial charge in [-0.05, 0) is 51.3 Å². The molecule has 5 nitrogen and oxygen atoms in total. The van der Waals surface area contributed by atoms with Gasteiger partial charge >= 0.3 is 0 Å². The van der Waals surface area contributed by atoms with Gasteiger partial charge in [0.15, 0.2) is 0 Å². The zero-order valence-corrected chi connectivity index (χ0v) is 18.6. The fraction of sp³-hybridized carbons (Fsp3) is 0.500. The summed E-state index contributed by atoms with van der Waals surface area (Å²) < 4.78 is 5.70. The van der Waals surface area contributed by atoms with E-state index in [-0.39, 0.29) is 24.3 Å². The van der Waals surface area contributed by atoms with E-state index in [4.69, 9.17) is 4.42 Å². The molecule has 0 N–H and O–H groups in total. The highest BCUT2D eigenvalue weighted by molar-refractivity contribution is 5.85. The maximum absolute atomic E-state index is 13.3. The monoisotopic (exact) mass is 398 g/mol. The van der Waals surface area contributed by atoms with E-state index in [0.717, 1.165) is 17.1 Å². The number of hydrogen-bond acceptors (Lipinski definition) is 3. The summed E-state index contributed by atoms with van der Waals surface area (Å²) in [6.07, 6.45) is 0.431. The summed E-state index contributed by atoms with van der Waals surface area (Å²) in [5.74, 6) is 1.72. The number of nitrogens with zero attached hydrogens (tertiary/aromatic N) is 2. The van der Waals surface area contributed by atoms with E-state index in [2.05, 4.69) is 0 Å². The van der Waals surface area contributed by atoms with E-state index >= 15 is 0 Å². The highest BCUT2D eigenvalue weighted by atomic mass is 16.3. The van der Waals surface area contributed by atoms with Crippen LogP contribution in [0.2, 0.25) is 0 Å². The van der Waals surface area contributed by atoms with Crippen molar-refractivity contribution in [3.05, 3.63) is 59.5 Å². The Morgan fingerprint density at radius 3 is 2.14 bits per heavy atom. The van der Waals surface area contributed by atoms with Crippen LogP contribution in [0.25, 0.3) is 0 Å². The third-order valence-electron chi connectivity index (χ3n) is 4.70. The molecule has 2 aromatic rings. The van der Waals surface area contributed by atoms with Crippen molar-refractivity contribution in [2.75, 3.05) is 6.54 Å². The molecule has 158 valence electrons. The van der Waals surface area contributed by atoms with Crippen LogP contribution in [0.5, 0.6) is 0 Å². The fourth-order valence-electron chi connectivity index (χ4n) is 3.19. The largest absolute Gasteiger partial charge is 0.464 e. The first-order valence-electron chi connectivity index (χ1n) is 10.2. The summed E-state index contributed by atoms with van der Waals surface area (Å²) >= 11 is 0. The highest BCUT2D eigenvalue weighted by Gasteiger charge is 2.30. The zero-order chi connectivity index (χ0) is 21.6. The Kier molecular flexibility index (Phi) is 7.66. The molecule has 0 aliphatic heterocycles. The molecule has 0 saturated heterocycles. The Bertz CT molecular complexity index is 803. The first kappa shape index (κ1) is 22.7. The molecule has 2 rings (SSSR count). The molecule has 2 amide bonds. The molecule has 0 atom stereocenters. The lowest BCUT2D eigenvalue weighted by atomic mass is 10.0. The van der Waals surface area contributed by atoms with E-state index in [0.29, 0.717) is 19.5 Å². The first-order chi connectivity index (χ1) is 13.6. The number of rotatable bonds is 8. The molecule has 0 saturated carbocycles. The van der Waals surface area contributed by atoms with Gasteiger partial charge in [-0.3, -0.25) is 9.59 Å². The van der Waals surface area contributed by atoms with E-state index in [1.54, 1.807) is 9.80 Å². The van der Waals surface area contributed by atoms with Crippen LogP contribution in [0, 0.1) is 12.8 Å². The van der Waals surface area contributed by atoms with Crippen LogP contribution >= 0.6 is 0 Å². The van der Waals surface area contributed by atoms with Crippen molar-refractivity contribution in [2.24, 2.45) is 5.92 Å². The smallest absolute Gasteiger partial charge is 0.242 e. The van der Waals surface area contributed by atoms with Crippen LogP contribution in [0.1, 0.15) is 58.1 Å². The SMILES string of the molecule is Cc1ccc(CN(Cc2ccccc2)C(=O)CN(C(=O)CC(C)C)C(C)(C)C)o1. The van der Waals surface area contributed by atoms with Crippen molar-refractivity contribution in [1.82, 2.24) is 9.80 Å². The fourth-order valence-corrected chi connectivity index (χ4v) is 3.19. The van der Waals surface area contributed by atoms with Crippen molar-refractivity contribution in [2.45, 2.75) is 66.6 Å². The third kappa shape index (κ3) is 7.08. The number of amides is 2. The van der Waals surface area contributed by atoms with Gasteiger partial charge in [0.2, 0.25) is 11.8 Å². The molecule has 1 heterocycles. The van der Waals surface area contributed by atoms with Gasteiger partial charge in [0.1, 0.15) is 18.1 Å². The van der Waals surface area contributed by atoms with Gasteiger partial charge in [0, 0.05) is 18.5 Å². The molecule has 0 unspecified atom stereocenters. The van der Waals surface area contributed by atoms with Gasteiger partial charge in [-0.15, -0.1) is 0 Å². The van der Waals surface area contributed by atoms with Crippen LogP contribution in [0.4, 0.5) is 0 Å². The third-order valence-corrected chi connectivity index (χ3v) is 4.70. The lowest BCUT2D eigenvalue weighted by molar-refractivity contribution is -0.146. The molecule has 0 aliphatic rings. The molecule has 0 fully saturated rings. The molecule has 29 heavy (non-hydrogen) atoms. The minimum absolute atomic E-state index is 0.00866. The molecule has 0 bridgehead atoms. The molecule has 0 radical (unpaired) electrons. The average molecular weight is 399 g/mol. The lowest BCUT2D eigenvalue weighted by Crippen LogP contribution is -2.51. The molecular formula is C24H34N2O3. The normalized spacial score (nSPS) is 11.6. The quantitative estimate of drug-likeness (QED) is 0.642. The van der Waals surface area contributed by atoms with Gasteiger partial charge in [-0.2, -0.15) is 0 Å². The summed E-state index contributed by atoms with van der Waals surface area (Å²) in [7, 11) is 0. The summed E-state index contributed by atoms with van der Waals surface area (Å²) in [6, 6.07) is 13.7. The van der Waals surface area contributed by atoms with Gasteiger partial charge in [0.05, 0.1) is 6.54 Å². The van der Waals surface area contributed by atoms with Gasteiger partial charge in [0.25, 0.3) is 0 Å². The number of carbonyl (C=O) groups is 2. The topological polar surface area (TPSA) is 53.8 Å². The predicted octanol–water partition coefficient (Wildman–Crippen LogP) is 4.79. The Hall–Kier alpha value is -2.56. The second kappa shape index (κ2) is 9.77. The zero-order valence-electron chi connectivity index (χ0n) is 18.6. The average Bonchev–Trinajstić information content (AvgIpc) is 3.03. The van der Waals surface area contributed by atoms with Crippen LogP contribution < -0.4 is 0 Å². The van der Waals surface area contributed by atoms with E-state index < -0.39 is 5.54 Å². The Morgan fingerprint density at radius 2 is 1.62 bits per heavy atom. The minimum Gasteiger partial charge on any atom is -0.464 e. The van der Waals surface area contributed by atoms with Crippen LogP contribution in [-0.2, 0) is 22.7 Å². The summed E-state index contributed by atoms with van der Waals surface area (Å²) in [6.45, 7) is 12.7. The molecule has 5 heteroatoms. The first-order valence-corrected chi connectivity index (χ1v) is 10.2. The van der Waals surface area contributed by atoms with E-state index in [9.17, 15) is 9.59 Å². The van der Waals surface area contributed by atoms with E-state index in [1.165, 1.54) is 0 Å². The van der Waals surface area contributed by atoms with Crippen molar-refractivity contribution in [3.63, 3.8) is 0 Å². The van der Waals surface area contributed by atoms with Gasteiger partial charge in [-0.25, -0.2) is 0 Å². The second-order valence-electron chi connectivity index (χ2n) is 9.00. The Morgan fingerprint density at radius 1 is 0.966 bits per heavy atom. The molecule has 1 aromatic heterocycles. The Labute approximate surface area is 174 Å². The number of aryl methyl sites for hydroxylation is 1. The van der Waals surface area contributed by atoms with Crippen molar-refractivity contribution >= 4 is 11.8 Å². The minimum atomic E-state index is -0.429. The molecule has 1 aromatic carbocycles. The highest BCUT2D eigenvalue weighted by Crippen LogP contribution is 2.19. The van der Waals surface area contributed by atoms with Crippen LogP contribution in [0.3, 0.4) is 0 Å². The van der Waals surface area contributed by atoms with Crippen LogP contribution in [-0.4, -0.2) is 33.7 Å². The standard InChI is InChI=1S/C24H34N2O3/c1-18(2)14-22(27)26(24(4,5)6)17-23(28)25(15-20-10-8-7-9-11-20)16-21-13-12-19(3)29-21/h7-13,18H,14-17H2,1-6H3.